The number of benzene rings is 4. The zero-order valence-electron chi connectivity index (χ0n) is 23.4. The molecule has 7 nitrogen and oxygen atoms in total. The van der Waals surface area contributed by atoms with Crippen LogP contribution in [0.4, 0.5) is 5.69 Å². The molecule has 0 spiro atoms. The van der Waals surface area contributed by atoms with Gasteiger partial charge in [0, 0.05) is 11.6 Å². The molecule has 0 fully saturated rings. The normalized spacial score (nSPS) is 13.3. The number of hydrogen-bond donors (Lipinski definition) is 0. The van der Waals surface area contributed by atoms with Crippen LogP contribution < -0.4 is 15.9 Å². The van der Waals surface area contributed by atoms with Crippen molar-refractivity contribution in [3.63, 3.8) is 0 Å². The molecule has 0 N–H and O–H groups in total. The molecular formula is C33H27ClNO6P. The zero-order chi connectivity index (χ0) is 30.2. The molecular weight excluding hydrogens is 573 g/mol. The van der Waals surface area contributed by atoms with Crippen molar-refractivity contribution in [3.05, 3.63) is 134 Å². The van der Waals surface area contributed by atoms with Crippen molar-refractivity contribution in [1.29, 1.82) is 0 Å². The average molecular weight is 600 g/mol. The molecule has 42 heavy (non-hydrogen) atoms. The summed E-state index contributed by atoms with van der Waals surface area (Å²) >= 11 is 6.08. The van der Waals surface area contributed by atoms with E-state index in [1.54, 1.807) is 0 Å². The van der Waals surface area contributed by atoms with E-state index in [4.69, 9.17) is 21.1 Å². The second kappa shape index (κ2) is 11.4. The smallest absolute Gasteiger partial charge is 0.345 e. The van der Waals surface area contributed by atoms with Crippen LogP contribution >= 0.6 is 18.5 Å². The van der Waals surface area contributed by atoms with Gasteiger partial charge in [0.05, 0.1) is 17.3 Å². The third kappa shape index (κ3) is 4.95. The Kier molecular flexibility index (Phi) is 7.91. The van der Waals surface area contributed by atoms with Crippen LogP contribution in [0.5, 0.6) is 0 Å². The SMILES string of the molecule is COC(=O)C1=C(c2ccc(Cl)c([N+](=O)[O-])c2)OC(=O)C1=P(c1ccc(C)cc1)(c1ccc(C)cc1)c1ccc(C)cc1. The number of aryl methyl sites for hydroxylation is 3. The Labute approximate surface area is 248 Å². The molecule has 4 aromatic rings. The number of halogens is 1. The molecule has 0 saturated carbocycles. The summed E-state index contributed by atoms with van der Waals surface area (Å²) < 4.78 is 11.1. The van der Waals surface area contributed by atoms with Gasteiger partial charge in [0.25, 0.3) is 5.69 Å². The molecule has 4 aromatic carbocycles. The number of nitro groups is 1. The lowest BCUT2D eigenvalue weighted by atomic mass is 10.1. The van der Waals surface area contributed by atoms with E-state index in [0.717, 1.165) is 32.6 Å². The number of nitrogens with zero attached hydrogens (tertiary/aromatic N) is 1. The van der Waals surface area contributed by atoms with Crippen LogP contribution in [0, 0.1) is 30.9 Å². The van der Waals surface area contributed by atoms with Gasteiger partial charge in [-0.15, -0.1) is 0 Å². The Hall–Kier alpha value is -4.45. The van der Waals surface area contributed by atoms with E-state index in [2.05, 4.69) is 0 Å². The number of methoxy groups -OCH3 is 1. The molecule has 0 amide bonds. The minimum absolute atomic E-state index is 0.0748. The van der Waals surface area contributed by atoms with E-state index in [-0.39, 0.29) is 32.9 Å². The van der Waals surface area contributed by atoms with Gasteiger partial charge >= 0.3 is 11.9 Å². The molecule has 0 aliphatic carbocycles. The summed E-state index contributed by atoms with van der Waals surface area (Å²) in [5.41, 5.74) is 2.79. The van der Waals surface area contributed by atoms with E-state index < -0.39 is 23.7 Å². The molecule has 0 radical (unpaired) electrons. The van der Waals surface area contributed by atoms with Gasteiger partial charge < -0.3 is 9.47 Å². The number of carbonyl (C=O) groups excluding carboxylic acids is 2. The summed E-state index contributed by atoms with van der Waals surface area (Å²) in [5.74, 6) is -1.63. The van der Waals surface area contributed by atoms with E-state index in [1.807, 2.05) is 93.6 Å². The summed E-state index contributed by atoms with van der Waals surface area (Å²) in [6.07, 6.45) is 0. The van der Waals surface area contributed by atoms with E-state index >= 15 is 0 Å². The number of ether oxygens (including phenoxy) is 2. The minimum Gasteiger partial charge on any atom is -0.465 e. The maximum Gasteiger partial charge on any atom is 0.345 e. The van der Waals surface area contributed by atoms with Crippen LogP contribution in [0.25, 0.3) is 5.76 Å². The maximum absolute atomic E-state index is 14.2. The Morgan fingerprint density at radius 1 is 0.810 bits per heavy atom. The number of esters is 2. The van der Waals surface area contributed by atoms with Crippen LogP contribution in [-0.4, -0.2) is 29.3 Å². The van der Waals surface area contributed by atoms with Crippen molar-refractivity contribution in [2.24, 2.45) is 0 Å². The van der Waals surface area contributed by atoms with Crippen molar-refractivity contribution in [3.8, 4) is 0 Å². The fraction of sp³-hybridized carbons (Fsp3) is 0.121. The van der Waals surface area contributed by atoms with Crippen molar-refractivity contribution in [2.45, 2.75) is 20.8 Å². The van der Waals surface area contributed by atoms with Crippen molar-refractivity contribution in [2.75, 3.05) is 7.11 Å². The quantitative estimate of drug-likeness (QED) is 0.121. The van der Waals surface area contributed by atoms with Crippen LogP contribution in [0.3, 0.4) is 0 Å². The van der Waals surface area contributed by atoms with E-state index in [0.29, 0.717) is 0 Å². The molecule has 0 unspecified atom stereocenters. The highest BCUT2D eigenvalue weighted by Crippen LogP contribution is 2.51. The molecule has 1 aliphatic heterocycles. The number of hydrogen-bond acceptors (Lipinski definition) is 6. The lowest BCUT2D eigenvalue weighted by molar-refractivity contribution is -0.384. The standard InChI is InChI=1S/C33H27ClNO6P/c1-20-5-12-24(13-6-20)42(25-14-7-21(2)8-15-25,26-16-9-22(3)10-17-26)31-29(32(36)40-4)30(41-33(31)37)23-11-18-27(34)28(19-23)35(38)39/h5-19H,1-4H3. The van der Waals surface area contributed by atoms with Crippen LogP contribution in [-0.2, 0) is 19.1 Å². The van der Waals surface area contributed by atoms with Gasteiger partial charge in [0.2, 0.25) is 0 Å². The Morgan fingerprint density at radius 3 is 1.67 bits per heavy atom. The largest absolute Gasteiger partial charge is 0.465 e. The lowest BCUT2D eigenvalue weighted by Crippen LogP contribution is -2.34. The summed E-state index contributed by atoms with van der Waals surface area (Å²) in [5, 5.41) is 14.3. The number of nitro benzene ring substituents is 1. The predicted molar refractivity (Wildman–Crippen MR) is 168 cm³/mol. The minimum atomic E-state index is -3.11. The second-order valence-corrected chi connectivity index (χ2v) is 13.8. The molecule has 0 aromatic heterocycles. The monoisotopic (exact) mass is 599 g/mol. The van der Waals surface area contributed by atoms with Gasteiger partial charge in [-0.3, -0.25) is 10.1 Å². The third-order valence-electron chi connectivity index (χ3n) is 7.25. The average Bonchev–Trinajstić information content (AvgIpc) is 3.32. The molecule has 0 bridgehead atoms. The van der Waals surface area contributed by atoms with E-state index in [1.165, 1.54) is 25.3 Å². The van der Waals surface area contributed by atoms with Crippen molar-refractivity contribution < 1.29 is 24.0 Å². The van der Waals surface area contributed by atoms with Crippen LogP contribution in [0.2, 0.25) is 5.02 Å². The summed E-state index contributed by atoms with van der Waals surface area (Å²) in [6.45, 7) is 2.81. The molecule has 5 rings (SSSR count). The summed E-state index contributed by atoms with van der Waals surface area (Å²) in [6, 6.07) is 27.7. The van der Waals surface area contributed by atoms with Crippen LogP contribution in [0.1, 0.15) is 22.3 Å². The molecule has 0 saturated heterocycles. The highest BCUT2D eigenvalue weighted by atomic mass is 35.5. The first-order valence-electron chi connectivity index (χ1n) is 13.1. The number of rotatable bonds is 6. The van der Waals surface area contributed by atoms with E-state index in [9.17, 15) is 19.7 Å². The highest BCUT2D eigenvalue weighted by Gasteiger charge is 2.45. The summed E-state index contributed by atoms with van der Waals surface area (Å²) in [4.78, 5) is 38.9. The van der Waals surface area contributed by atoms with Gasteiger partial charge in [0.15, 0.2) is 5.76 Å². The Balaban J connectivity index is 2.04. The zero-order valence-corrected chi connectivity index (χ0v) is 25.0. The fourth-order valence-electron chi connectivity index (χ4n) is 5.13. The first-order chi connectivity index (χ1) is 20.1. The maximum atomic E-state index is 14.2. The van der Waals surface area contributed by atoms with Gasteiger partial charge in [-0.1, -0.05) is 101 Å². The van der Waals surface area contributed by atoms with Crippen LogP contribution in [0.15, 0.2) is 96.6 Å². The molecule has 212 valence electrons. The van der Waals surface area contributed by atoms with Gasteiger partial charge in [-0.25, -0.2) is 9.59 Å². The Bertz CT molecular complexity index is 1710. The van der Waals surface area contributed by atoms with Crippen molar-refractivity contribution in [1.82, 2.24) is 0 Å². The fourth-order valence-corrected chi connectivity index (χ4v) is 9.63. The van der Waals surface area contributed by atoms with Gasteiger partial charge in [-0.05, 0) is 55.7 Å². The first-order valence-corrected chi connectivity index (χ1v) is 15.2. The lowest BCUT2D eigenvalue weighted by Gasteiger charge is -2.31. The topological polar surface area (TPSA) is 95.7 Å². The predicted octanol–water partition coefficient (Wildman–Crippen LogP) is 5.78. The molecule has 1 heterocycles. The first kappa shape index (κ1) is 29.1. The van der Waals surface area contributed by atoms with Crippen molar-refractivity contribution >= 4 is 63.1 Å². The van der Waals surface area contributed by atoms with Gasteiger partial charge in [-0.2, -0.15) is 0 Å². The Morgan fingerprint density at radius 2 is 1.26 bits per heavy atom. The third-order valence-corrected chi connectivity index (χ3v) is 11.9. The highest BCUT2D eigenvalue weighted by molar-refractivity contribution is 7.97. The molecule has 9 heteroatoms. The van der Waals surface area contributed by atoms with Gasteiger partial charge in [0.1, 0.15) is 10.6 Å². The number of carbonyl (C=O) groups is 2. The number of cyclic esters (lactones) is 1. The second-order valence-electron chi connectivity index (χ2n) is 10.0. The molecule has 0 atom stereocenters. The molecule has 1 aliphatic rings. The summed E-state index contributed by atoms with van der Waals surface area (Å²) in [7, 11) is 1.22.